The van der Waals surface area contributed by atoms with E-state index in [1.165, 1.54) is 0 Å². The Kier molecular flexibility index (Phi) is 4.00. The monoisotopic (exact) mass is 365 g/mol. The first kappa shape index (κ1) is 16.4. The van der Waals surface area contributed by atoms with Crippen molar-refractivity contribution in [3.8, 4) is 11.1 Å². The molecule has 1 fully saturated rings. The van der Waals surface area contributed by atoms with Crippen LogP contribution in [0.2, 0.25) is 0 Å². The number of imide groups is 1. The number of carbonyl (C=O) groups is 2. The topological polar surface area (TPSA) is 75.4 Å². The Labute approximate surface area is 153 Å². The van der Waals surface area contributed by atoms with Crippen molar-refractivity contribution in [2.45, 2.75) is 0 Å². The molecule has 0 unspecified atom stereocenters. The number of hydrogen-bond acceptors (Lipinski definition) is 6. The van der Waals surface area contributed by atoms with Gasteiger partial charge >= 0.3 is 0 Å². The van der Waals surface area contributed by atoms with Crippen LogP contribution in [0.1, 0.15) is 5.76 Å². The molecule has 2 aromatic heterocycles. The Morgan fingerprint density at radius 1 is 1.15 bits per heavy atom. The normalized spacial score (nSPS) is 15.7. The second kappa shape index (κ2) is 6.34. The summed E-state index contributed by atoms with van der Waals surface area (Å²) in [6.45, 7) is 0. The Bertz CT molecular complexity index is 1050. The Morgan fingerprint density at radius 3 is 2.58 bits per heavy atom. The molecule has 6 nitrogen and oxygen atoms in total. The first-order valence-corrected chi connectivity index (χ1v) is 8.73. The lowest BCUT2D eigenvalue weighted by Gasteiger charge is -2.12. The number of hydrogen-bond donors (Lipinski definition) is 1. The molecule has 3 aromatic rings. The zero-order valence-corrected chi connectivity index (χ0v) is 15.0. The summed E-state index contributed by atoms with van der Waals surface area (Å²) in [4.78, 5) is 29.6. The fraction of sp³-hybridized carbons (Fsp3) is 0.105. The SMILES string of the molecule is CN(C)c1ccc(-c2cncc3cc(C=C4SC(=O)NC4=O)oc23)cc1. The fourth-order valence-electron chi connectivity index (χ4n) is 2.75. The van der Waals surface area contributed by atoms with Gasteiger partial charge in [-0.1, -0.05) is 12.1 Å². The van der Waals surface area contributed by atoms with Gasteiger partial charge in [0.25, 0.3) is 11.1 Å². The van der Waals surface area contributed by atoms with Gasteiger partial charge in [-0.15, -0.1) is 0 Å². The summed E-state index contributed by atoms with van der Waals surface area (Å²) in [5, 5.41) is 2.69. The standard InChI is InChI=1S/C19H15N3O3S/c1-22(2)13-5-3-11(4-6-13)15-10-20-9-12-7-14(25-17(12)15)8-16-18(23)21-19(24)26-16/h3-10H,1-2H3,(H,21,23,24). The molecule has 0 bridgehead atoms. The third kappa shape index (κ3) is 2.97. The molecule has 2 amide bonds. The minimum Gasteiger partial charge on any atom is -0.456 e. The summed E-state index contributed by atoms with van der Waals surface area (Å²) in [7, 11) is 3.98. The zero-order chi connectivity index (χ0) is 18.3. The maximum absolute atomic E-state index is 11.7. The first-order chi connectivity index (χ1) is 12.5. The van der Waals surface area contributed by atoms with Gasteiger partial charge in [0.1, 0.15) is 11.3 Å². The van der Waals surface area contributed by atoms with Crippen LogP contribution in [-0.2, 0) is 4.79 Å². The number of carbonyl (C=O) groups excluding carboxylic acids is 2. The summed E-state index contributed by atoms with van der Waals surface area (Å²) >= 11 is 0.865. The highest BCUT2D eigenvalue weighted by atomic mass is 32.2. The van der Waals surface area contributed by atoms with Crippen molar-refractivity contribution < 1.29 is 14.0 Å². The number of fused-ring (bicyclic) bond motifs is 1. The minimum absolute atomic E-state index is 0.318. The van der Waals surface area contributed by atoms with E-state index in [0.29, 0.717) is 16.2 Å². The van der Waals surface area contributed by atoms with Crippen molar-refractivity contribution in [2.24, 2.45) is 0 Å². The quantitative estimate of drug-likeness (QED) is 0.710. The van der Waals surface area contributed by atoms with Crippen LogP contribution in [0.15, 0.2) is 52.0 Å². The van der Waals surface area contributed by atoms with E-state index in [4.69, 9.17) is 4.42 Å². The van der Waals surface area contributed by atoms with Gasteiger partial charge in [-0.05, 0) is 35.5 Å². The first-order valence-electron chi connectivity index (χ1n) is 7.91. The fourth-order valence-corrected chi connectivity index (χ4v) is 3.41. The lowest BCUT2D eigenvalue weighted by Crippen LogP contribution is -2.17. The van der Waals surface area contributed by atoms with Crippen molar-refractivity contribution in [1.82, 2.24) is 10.3 Å². The maximum Gasteiger partial charge on any atom is 0.290 e. The molecule has 1 aliphatic rings. The molecule has 7 heteroatoms. The van der Waals surface area contributed by atoms with Crippen LogP contribution in [0, 0.1) is 0 Å². The van der Waals surface area contributed by atoms with Crippen molar-refractivity contribution >= 4 is 45.6 Å². The summed E-state index contributed by atoms with van der Waals surface area (Å²) in [5.41, 5.74) is 3.66. The number of anilines is 1. The molecule has 3 heterocycles. The lowest BCUT2D eigenvalue weighted by atomic mass is 10.1. The molecule has 4 rings (SSSR count). The van der Waals surface area contributed by atoms with Gasteiger partial charge in [0, 0.05) is 49.2 Å². The molecule has 1 saturated heterocycles. The zero-order valence-electron chi connectivity index (χ0n) is 14.1. The minimum atomic E-state index is -0.405. The van der Waals surface area contributed by atoms with E-state index in [2.05, 4.69) is 10.3 Å². The Balaban J connectivity index is 1.75. The summed E-state index contributed by atoms with van der Waals surface area (Å²) < 4.78 is 5.95. The van der Waals surface area contributed by atoms with E-state index in [1.807, 2.05) is 49.3 Å². The molecule has 0 atom stereocenters. The molecule has 0 aliphatic carbocycles. The smallest absolute Gasteiger partial charge is 0.290 e. The van der Waals surface area contributed by atoms with Gasteiger partial charge in [-0.2, -0.15) is 0 Å². The number of benzene rings is 1. The van der Waals surface area contributed by atoms with Crippen molar-refractivity contribution in [2.75, 3.05) is 19.0 Å². The lowest BCUT2D eigenvalue weighted by molar-refractivity contribution is -0.115. The highest BCUT2D eigenvalue weighted by Gasteiger charge is 2.25. The van der Waals surface area contributed by atoms with Crippen molar-refractivity contribution in [3.63, 3.8) is 0 Å². The van der Waals surface area contributed by atoms with Gasteiger partial charge in [-0.25, -0.2) is 0 Å². The third-order valence-electron chi connectivity index (χ3n) is 4.05. The summed E-state index contributed by atoms with van der Waals surface area (Å²) in [6, 6.07) is 9.91. The van der Waals surface area contributed by atoms with Crippen LogP contribution < -0.4 is 10.2 Å². The van der Waals surface area contributed by atoms with Gasteiger partial charge in [-0.3, -0.25) is 19.9 Å². The van der Waals surface area contributed by atoms with E-state index in [9.17, 15) is 9.59 Å². The Morgan fingerprint density at radius 2 is 1.92 bits per heavy atom. The molecule has 0 saturated carbocycles. The van der Waals surface area contributed by atoms with Crippen molar-refractivity contribution in [1.29, 1.82) is 0 Å². The van der Waals surface area contributed by atoms with E-state index in [-0.39, 0.29) is 5.24 Å². The molecular weight excluding hydrogens is 350 g/mol. The van der Waals surface area contributed by atoms with Gasteiger partial charge < -0.3 is 9.32 Å². The van der Waals surface area contributed by atoms with E-state index in [1.54, 1.807) is 18.5 Å². The molecule has 0 radical (unpaired) electrons. The van der Waals surface area contributed by atoms with Crippen LogP contribution >= 0.6 is 11.8 Å². The highest BCUT2D eigenvalue weighted by Crippen LogP contribution is 2.33. The second-order valence-corrected chi connectivity index (χ2v) is 7.06. The maximum atomic E-state index is 11.7. The number of furan rings is 1. The highest BCUT2D eigenvalue weighted by molar-refractivity contribution is 8.18. The van der Waals surface area contributed by atoms with Gasteiger partial charge in [0.15, 0.2) is 0 Å². The van der Waals surface area contributed by atoms with Crippen molar-refractivity contribution in [3.05, 3.63) is 53.4 Å². The number of amides is 2. The number of rotatable bonds is 3. The van der Waals surface area contributed by atoms with Crippen LogP contribution in [0.4, 0.5) is 10.5 Å². The van der Waals surface area contributed by atoms with Crippen LogP contribution in [0.3, 0.4) is 0 Å². The summed E-state index contributed by atoms with van der Waals surface area (Å²) in [5.74, 6) is 0.101. The number of nitrogens with one attached hydrogen (secondary N) is 1. The molecule has 130 valence electrons. The predicted octanol–water partition coefficient (Wildman–Crippen LogP) is 3.88. The Hall–Kier alpha value is -3.06. The van der Waals surface area contributed by atoms with Gasteiger partial charge in [0.2, 0.25) is 0 Å². The number of thioether (sulfide) groups is 1. The van der Waals surface area contributed by atoms with E-state index >= 15 is 0 Å². The third-order valence-corrected chi connectivity index (χ3v) is 4.86. The predicted molar refractivity (Wildman–Crippen MR) is 103 cm³/mol. The molecule has 0 spiro atoms. The van der Waals surface area contributed by atoms with Gasteiger partial charge in [0.05, 0.1) is 4.91 Å². The molecular formula is C19H15N3O3S. The molecule has 1 aromatic carbocycles. The number of nitrogens with zero attached hydrogens (tertiary/aromatic N) is 2. The molecule has 1 aliphatic heterocycles. The largest absolute Gasteiger partial charge is 0.456 e. The average molecular weight is 365 g/mol. The molecule has 26 heavy (non-hydrogen) atoms. The van der Waals surface area contributed by atoms with E-state index < -0.39 is 5.91 Å². The second-order valence-electron chi connectivity index (χ2n) is 6.05. The average Bonchev–Trinajstić information content (AvgIpc) is 3.17. The number of aromatic nitrogens is 1. The molecule has 1 N–H and O–H groups in total. The number of pyridine rings is 1. The van der Waals surface area contributed by atoms with Crippen LogP contribution in [-0.4, -0.2) is 30.2 Å². The van der Waals surface area contributed by atoms with Crippen LogP contribution in [0.25, 0.3) is 28.2 Å². The van der Waals surface area contributed by atoms with Crippen LogP contribution in [0.5, 0.6) is 0 Å². The van der Waals surface area contributed by atoms with E-state index in [0.717, 1.165) is 34.0 Å². The summed E-state index contributed by atoms with van der Waals surface area (Å²) in [6.07, 6.45) is 5.04.